The lowest BCUT2D eigenvalue weighted by Crippen LogP contribution is -2.60. The highest BCUT2D eigenvalue weighted by Gasteiger charge is 2.44. The molecule has 1 aliphatic carbocycles. The molecule has 1 aliphatic rings. The maximum Gasteiger partial charge on any atom is 0.417 e. The number of benzene rings is 2. The number of hydrogen-bond donors (Lipinski definition) is 6. The summed E-state index contributed by atoms with van der Waals surface area (Å²) in [6.45, 7) is 14.6. The molecule has 6 amide bonds. The van der Waals surface area contributed by atoms with E-state index in [0.29, 0.717) is 24.2 Å². The van der Waals surface area contributed by atoms with Crippen LogP contribution in [0.3, 0.4) is 0 Å². The predicted octanol–water partition coefficient (Wildman–Crippen LogP) is 3.15. The first-order valence-corrected chi connectivity index (χ1v) is 22.0. The lowest BCUT2D eigenvalue weighted by Gasteiger charge is -2.35. The highest BCUT2D eigenvalue weighted by atomic mass is 16.6. The first-order chi connectivity index (χ1) is 30.1. The first-order valence-electron chi connectivity index (χ1n) is 22.0. The van der Waals surface area contributed by atoms with Crippen LogP contribution < -0.4 is 27.0 Å². The zero-order valence-electron chi connectivity index (χ0n) is 38.9. The van der Waals surface area contributed by atoms with Gasteiger partial charge in [0.2, 0.25) is 23.6 Å². The number of esters is 1. The number of imide groups is 1. The van der Waals surface area contributed by atoms with Crippen molar-refractivity contribution < 1.29 is 52.9 Å². The summed E-state index contributed by atoms with van der Waals surface area (Å²) in [7, 11) is 1.23. The summed E-state index contributed by atoms with van der Waals surface area (Å²) < 4.78 is 16.0. The van der Waals surface area contributed by atoms with Gasteiger partial charge >= 0.3 is 12.1 Å². The normalized spacial score (nSPS) is 18.3. The minimum absolute atomic E-state index is 0.115. The van der Waals surface area contributed by atoms with E-state index in [1.165, 1.54) is 21.0 Å². The lowest BCUT2D eigenvalue weighted by atomic mass is 9.84. The molecule has 0 aromatic heterocycles. The summed E-state index contributed by atoms with van der Waals surface area (Å²) in [6, 6.07) is 11.4. The number of hydrogen-bond acceptors (Lipinski definition) is 12. The van der Waals surface area contributed by atoms with Crippen LogP contribution in [-0.2, 0) is 56.0 Å². The number of nitrogens with zero attached hydrogens (tertiary/aromatic N) is 1. The first kappa shape index (κ1) is 53.0. The largest absolute Gasteiger partial charge is 0.467 e. The minimum atomic E-state index is -1.51. The molecule has 3 rings (SSSR count). The summed E-state index contributed by atoms with van der Waals surface area (Å²) in [5.41, 5.74) is 6.63. The molecule has 1 fully saturated rings. The monoisotopic (exact) mass is 895 g/mol. The van der Waals surface area contributed by atoms with Crippen LogP contribution in [0.15, 0.2) is 60.7 Å². The number of carbonyl (C=O) groups is 7. The number of ether oxygens (including phenoxy) is 3. The number of nitrogens with one attached hydrogen (secondary N) is 4. The molecule has 0 aliphatic heterocycles. The van der Waals surface area contributed by atoms with E-state index in [-0.39, 0.29) is 31.5 Å². The van der Waals surface area contributed by atoms with E-state index in [1.54, 1.807) is 60.6 Å². The fourth-order valence-electron chi connectivity index (χ4n) is 7.52. The van der Waals surface area contributed by atoms with Crippen molar-refractivity contribution in [2.75, 3.05) is 13.7 Å². The second-order valence-corrected chi connectivity index (χ2v) is 18.2. The Labute approximate surface area is 377 Å². The Morgan fingerprint density at radius 3 is 1.89 bits per heavy atom. The average molecular weight is 895 g/mol. The molecular weight excluding hydrogens is 825 g/mol. The van der Waals surface area contributed by atoms with E-state index in [2.05, 4.69) is 21.3 Å². The maximum atomic E-state index is 14.3. The van der Waals surface area contributed by atoms with Gasteiger partial charge in [0.15, 0.2) is 0 Å². The Balaban J connectivity index is 1.84. The number of carbonyl (C=O) groups excluding carboxylic acids is 7. The van der Waals surface area contributed by atoms with Gasteiger partial charge in [-0.15, -0.1) is 0 Å². The molecule has 4 unspecified atom stereocenters. The fourth-order valence-corrected chi connectivity index (χ4v) is 7.52. The van der Waals surface area contributed by atoms with Gasteiger partial charge in [0, 0.05) is 5.92 Å². The number of nitrogens with two attached hydrogens (primary N) is 1. The van der Waals surface area contributed by atoms with E-state index in [1.807, 2.05) is 48.5 Å². The van der Waals surface area contributed by atoms with E-state index in [9.17, 15) is 38.7 Å². The van der Waals surface area contributed by atoms with Crippen LogP contribution in [-0.4, -0.2) is 113 Å². The molecule has 7 N–H and O–H groups in total. The Morgan fingerprint density at radius 2 is 1.34 bits per heavy atom. The summed E-state index contributed by atoms with van der Waals surface area (Å²) in [5, 5.41) is 23.1. The number of methoxy groups -OCH3 is 1. The van der Waals surface area contributed by atoms with Crippen molar-refractivity contribution in [3.8, 4) is 0 Å². The van der Waals surface area contributed by atoms with Gasteiger partial charge in [0.05, 0.1) is 32.5 Å². The molecule has 17 nitrogen and oxygen atoms in total. The van der Waals surface area contributed by atoms with Crippen LogP contribution in [0.5, 0.6) is 0 Å². The smallest absolute Gasteiger partial charge is 0.417 e. The molecule has 0 bridgehead atoms. The van der Waals surface area contributed by atoms with Crippen molar-refractivity contribution in [1.29, 1.82) is 0 Å². The third-order valence-corrected chi connectivity index (χ3v) is 11.1. The fraction of sp³-hybridized carbons (Fsp3) is 0.596. The van der Waals surface area contributed by atoms with Crippen LogP contribution in [0.2, 0.25) is 0 Å². The molecule has 354 valence electrons. The standard InChI is InChI=1S/C47H70N6O11/c1-27(2)37(43(58)52-38(28(3)4)45(60)62-10)51-41(56)34-23-17-22-33(34)39(54)36(24-31-18-13-11-14-19-31)50-40(55)30(6)53(46(61)64-47(7,8)9)44(59)29(5)49-42(57)35(48)26-63-25-32-20-15-12-16-21-32/h11-16,18-21,27-30,33-39,54H,17,22-26,48H2,1-10H3,(H,49,57)(H,50,55)(H,51,56)(H,52,58)/t29-,30-,33?,34-,35-,36?,37-,38?,39?/m0/s1. The van der Waals surface area contributed by atoms with E-state index < -0.39 is 101 Å². The number of aliphatic hydroxyl groups excluding tert-OH is 1. The van der Waals surface area contributed by atoms with Crippen molar-refractivity contribution in [1.82, 2.24) is 26.2 Å². The number of rotatable bonds is 21. The molecule has 64 heavy (non-hydrogen) atoms. The molecule has 0 saturated heterocycles. The van der Waals surface area contributed by atoms with Crippen LogP contribution in [0, 0.1) is 23.7 Å². The molecule has 0 heterocycles. The third-order valence-electron chi connectivity index (χ3n) is 11.1. The Bertz CT molecular complexity index is 1870. The quantitative estimate of drug-likeness (QED) is 0.0991. The molecule has 1 saturated carbocycles. The summed E-state index contributed by atoms with van der Waals surface area (Å²) in [4.78, 5) is 95.7. The number of amides is 6. The second-order valence-electron chi connectivity index (χ2n) is 18.2. The number of aliphatic hydroxyl groups is 1. The molecule has 17 heteroatoms. The zero-order valence-corrected chi connectivity index (χ0v) is 38.9. The second kappa shape index (κ2) is 24.6. The van der Waals surface area contributed by atoms with Crippen LogP contribution >= 0.6 is 0 Å². The van der Waals surface area contributed by atoms with Crippen molar-refractivity contribution in [3.63, 3.8) is 0 Å². The summed E-state index contributed by atoms with van der Waals surface area (Å²) >= 11 is 0. The van der Waals surface area contributed by atoms with Crippen LogP contribution in [0.4, 0.5) is 4.79 Å². The van der Waals surface area contributed by atoms with Gasteiger partial charge < -0.3 is 46.3 Å². The molecule has 2 aromatic carbocycles. The lowest BCUT2D eigenvalue weighted by molar-refractivity contribution is -0.147. The van der Waals surface area contributed by atoms with Gasteiger partial charge in [-0.05, 0) is 82.8 Å². The predicted molar refractivity (Wildman–Crippen MR) is 239 cm³/mol. The van der Waals surface area contributed by atoms with Crippen molar-refractivity contribution in [2.45, 2.75) is 143 Å². The van der Waals surface area contributed by atoms with Crippen LogP contribution in [0.1, 0.15) is 92.7 Å². The van der Waals surface area contributed by atoms with Gasteiger partial charge in [-0.2, -0.15) is 0 Å². The van der Waals surface area contributed by atoms with Crippen molar-refractivity contribution in [2.24, 2.45) is 29.4 Å². The topological polar surface area (TPSA) is 245 Å². The Hall–Kier alpha value is -5.39. The molecule has 2 aromatic rings. The van der Waals surface area contributed by atoms with Crippen molar-refractivity contribution >= 4 is 41.6 Å². The Kier molecular flexibility index (Phi) is 20.4. The van der Waals surface area contributed by atoms with E-state index in [0.717, 1.165) is 11.1 Å². The molecule has 0 radical (unpaired) electrons. The van der Waals surface area contributed by atoms with E-state index in [4.69, 9.17) is 19.9 Å². The highest BCUT2D eigenvalue weighted by Crippen LogP contribution is 2.36. The SMILES string of the molecule is COC(=O)C(NC(=O)[C@@H](NC(=O)[C@H]1CCCC1C(O)C(Cc1ccccc1)NC(=O)[C@H](C)N(C(=O)OC(C)(C)C)C(=O)[C@H](C)NC(=O)[C@@H](N)COCc1ccccc1)C(C)C)C(C)C. The van der Waals surface area contributed by atoms with Gasteiger partial charge in [-0.3, -0.25) is 24.0 Å². The highest BCUT2D eigenvalue weighted by molar-refractivity contribution is 6.01. The summed E-state index contributed by atoms with van der Waals surface area (Å²) in [5.74, 6) is -6.20. The van der Waals surface area contributed by atoms with Gasteiger partial charge in [-0.1, -0.05) is 94.8 Å². The zero-order chi connectivity index (χ0) is 47.9. The van der Waals surface area contributed by atoms with Gasteiger partial charge in [-0.25, -0.2) is 14.5 Å². The van der Waals surface area contributed by atoms with Gasteiger partial charge in [0.1, 0.15) is 35.8 Å². The van der Waals surface area contributed by atoms with E-state index >= 15 is 0 Å². The third kappa shape index (κ3) is 15.7. The molecule has 9 atom stereocenters. The molecule has 0 spiro atoms. The molecular formula is C47H70N6O11. The van der Waals surface area contributed by atoms with Crippen molar-refractivity contribution in [3.05, 3.63) is 71.8 Å². The van der Waals surface area contributed by atoms with Gasteiger partial charge in [0.25, 0.3) is 5.91 Å². The Morgan fingerprint density at radius 1 is 0.766 bits per heavy atom. The van der Waals surface area contributed by atoms with Crippen LogP contribution in [0.25, 0.3) is 0 Å². The minimum Gasteiger partial charge on any atom is -0.467 e. The summed E-state index contributed by atoms with van der Waals surface area (Å²) in [6.07, 6.45) is -0.938. The average Bonchev–Trinajstić information content (AvgIpc) is 3.74. The maximum absolute atomic E-state index is 14.3.